The predicted octanol–water partition coefficient (Wildman–Crippen LogP) is 2.67. The number of nitrogens with one attached hydrogen (secondary N) is 2. The maximum Gasteiger partial charge on any atom is 0.270 e. The van der Waals surface area contributed by atoms with Crippen LogP contribution in [0.4, 0.5) is 10.8 Å². The number of amides is 1. The zero-order valence-corrected chi connectivity index (χ0v) is 20.3. The number of benzene rings is 2. The second-order valence-corrected chi connectivity index (χ2v) is 11.0. The Morgan fingerprint density at radius 2 is 1.70 bits per heavy atom. The number of anilines is 2. The van der Waals surface area contributed by atoms with Crippen LogP contribution in [-0.2, 0) is 16.6 Å². The number of carbonyl (C=O) groups is 1. The van der Waals surface area contributed by atoms with Gasteiger partial charge < -0.3 is 9.80 Å². The van der Waals surface area contributed by atoms with Crippen molar-refractivity contribution in [2.24, 2.45) is 0 Å². The van der Waals surface area contributed by atoms with Gasteiger partial charge in [-0.25, -0.2) is 13.1 Å². The van der Waals surface area contributed by atoms with Gasteiger partial charge in [0, 0.05) is 49.0 Å². The maximum atomic E-state index is 12.6. The molecule has 0 radical (unpaired) electrons. The average molecular weight is 507 g/mol. The van der Waals surface area contributed by atoms with Gasteiger partial charge in [0.2, 0.25) is 9.47 Å². The summed E-state index contributed by atoms with van der Waals surface area (Å²) in [6.45, 7) is 4.10. The number of halogens is 1. The Balaban J connectivity index is 1.34. The normalized spacial score (nSPS) is 14.9. The van der Waals surface area contributed by atoms with Crippen molar-refractivity contribution in [2.75, 3.05) is 43.4 Å². The topological polar surface area (TPSA) is 108 Å². The highest BCUT2D eigenvalue weighted by Gasteiger charge is 2.21. The lowest BCUT2D eigenvalue weighted by Crippen LogP contribution is -2.44. The van der Waals surface area contributed by atoms with Crippen LogP contribution in [0.25, 0.3) is 0 Å². The molecule has 3 aromatic rings. The lowest BCUT2D eigenvalue weighted by molar-refractivity contribution is 0.102. The fraction of sp³-hybridized carbons (Fsp3) is 0.286. The number of piperazine rings is 1. The lowest BCUT2D eigenvalue weighted by atomic mass is 10.2. The molecular weight excluding hydrogens is 484 g/mol. The predicted molar refractivity (Wildman–Crippen MR) is 129 cm³/mol. The second kappa shape index (κ2) is 10.1. The van der Waals surface area contributed by atoms with Crippen LogP contribution in [0.5, 0.6) is 0 Å². The smallest absolute Gasteiger partial charge is 0.270 e. The molecule has 2 N–H and O–H groups in total. The summed E-state index contributed by atoms with van der Waals surface area (Å²) in [4.78, 5) is 16.9. The van der Waals surface area contributed by atoms with E-state index in [2.05, 4.69) is 37.1 Å². The summed E-state index contributed by atoms with van der Waals surface area (Å²) < 4.78 is 27.5. The molecule has 174 valence electrons. The van der Waals surface area contributed by atoms with Crippen molar-refractivity contribution in [2.45, 2.75) is 10.9 Å². The highest BCUT2D eigenvalue weighted by atomic mass is 35.5. The van der Waals surface area contributed by atoms with Gasteiger partial charge in [0.1, 0.15) is 0 Å². The molecule has 1 aliphatic heterocycles. The molecule has 1 amide bonds. The Morgan fingerprint density at radius 1 is 1.03 bits per heavy atom. The highest BCUT2D eigenvalue weighted by molar-refractivity contribution is 7.91. The van der Waals surface area contributed by atoms with Crippen molar-refractivity contribution in [3.8, 4) is 0 Å². The number of nitrogens with zero attached hydrogens (tertiary/aromatic N) is 4. The van der Waals surface area contributed by atoms with Crippen LogP contribution in [0.3, 0.4) is 0 Å². The molecular formula is C21H23ClN6O3S2. The van der Waals surface area contributed by atoms with Crippen molar-refractivity contribution in [1.82, 2.24) is 19.8 Å². The van der Waals surface area contributed by atoms with Gasteiger partial charge in [0.15, 0.2) is 0 Å². The van der Waals surface area contributed by atoms with Crippen LogP contribution in [0.2, 0.25) is 5.02 Å². The number of hydrogen-bond acceptors (Lipinski definition) is 8. The Kier molecular flexibility index (Phi) is 7.25. The fourth-order valence-corrected chi connectivity index (χ4v) is 5.35. The van der Waals surface area contributed by atoms with Crippen LogP contribution >= 0.6 is 22.9 Å². The van der Waals surface area contributed by atoms with Crippen LogP contribution in [0, 0.1) is 0 Å². The largest absolute Gasteiger partial charge is 0.369 e. The molecule has 0 bridgehead atoms. The number of sulfonamides is 1. The van der Waals surface area contributed by atoms with Crippen LogP contribution in [-0.4, -0.2) is 62.6 Å². The molecule has 9 nitrogen and oxygen atoms in total. The summed E-state index contributed by atoms with van der Waals surface area (Å²) >= 11 is 6.60. The van der Waals surface area contributed by atoms with E-state index in [0.717, 1.165) is 48.8 Å². The van der Waals surface area contributed by atoms with Gasteiger partial charge in [-0.05, 0) is 49.0 Å². The van der Waals surface area contributed by atoms with Gasteiger partial charge in [-0.15, -0.1) is 10.2 Å². The molecule has 1 saturated heterocycles. The van der Waals surface area contributed by atoms with Crippen LogP contribution in [0.15, 0.2) is 52.9 Å². The van der Waals surface area contributed by atoms with E-state index >= 15 is 0 Å². The van der Waals surface area contributed by atoms with Crippen molar-refractivity contribution in [3.05, 3.63) is 64.7 Å². The van der Waals surface area contributed by atoms with E-state index in [-0.39, 0.29) is 16.0 Å². The minimum Gasteiger partial charge on any atom is -0.369 e. The summed E-state index contributed by atoms with van der Waals surface area (Å²) in [5.74, 6) is -0.430. The molecule has 0 spiro atoms. The number of rotatable bonds is 7. The quantitative estimate of drug-likeness (QED) is 0.474. The first kappa shape index (κ1) is 23.6. The summed E-state index contributed by atoms with van der Waals surface area (Å²) in [6, 6.07) is 14.1. The molecule has 2 heterocycles. The third kappa shape index (κ3) is 6.06. The number of hydrogen-bond donors (Lipinski definition) is 2. The second-order valence-electron chi connectivity index (χ2n) is 7.62. The fourth-order valence-electron chi connectivity index (χ4n) is 3.27. The summed E-state index contributed by atoms with van der Waals surface area (Å²) in [6.07, 6.45) is 0. The molecule has 4 rings (SSSR count). The molecule has 1 aliphatic rings. The molecule has 2 aromatic carbocycles. The van der Waals surface area contributed by atoms with Crippen molar-refractivity contribution >= 4 is 49.7 Å². The molecule has 33 heavy (non-hydrogen) atoms. The maximum absolute atomic E-state index is 12.6. The Hall–Kier alpha value is -2.57. The standard InChI is InChI=1S/C21H23ClN6O3S2/c1-27-10-12-28(13-11-27)18-8-2-15(3-9-18)14-23-33(30,31)21-26-25-20(32-21)24-19(29)16-4-6-17(22)7-5-16/h2-9,23H,10-14H2,1H3,(H,24,25,29). The van der Waals surface area contributed by atoms with Crippen LogP contribution in [0.1, 0.15) is 15.9 Å². The van der Waals surface area contributed by atoms with E-state index in [0.29, 0.717) is 10.6 Å². The van der Waals surface area contributed by atoms with Gasteiger partial charge in [0.25, 0.3) is 15.9 Å². The van der Waals surface area contributed by atoms with Crippen molar-refractivity contribution < 1.29 is 13.2 Å². The van der Waals surface area contributed by atoms with E-state index in [4.69, 9.17) is 11.6 Å². The Labute approximate surface area is 201 Å². The number of carbonyl (C=O) groups excluding carboxylic acids is 1. The van der Waals surface area contributed by atoms with Gasteiger partial charge in [-0.1, -0.05) is 35.1 Å². The van der Waals surface area contributed by atoms with E-state index in [1.807, 2.05) is 24.3 Å². The van der Waals surface area contributed by atoms with Crippen molar-refractivity contribution in [1.29, 1.82) is 0 Å². The monoisotopic (exact) mass is 506 g/mol. The highest BCUT2D eigenvalue weighted by Crippen LogP contribution is 2.22. The summed E-state index contributed by atoms with van der Waals surface area (Å²) in [5.41, 5.74) is 2.33. The van der Waals surface area contributed by atoms with Crippen LogP contribution < -0.4 is 14.9 Å². The van der Waals surface area contributed by atoms with E-state index in [1.165, 1.54) is 0 Å². The number of likely N-dealkylation sites (N-methyl/N-ethyl adjacent to an activating group) is 1. The molecule has 0 aliphatic carbocycles. The molecule has 1 aromatic heterocycles. The third-order valence-corrected chi connectivity index (χ3v) is 8.09. The van der Waals surface area contributed by atoms with Crippen molar-refractivity contribution in [3.63, 3.8) is 0 Å². The zero-order valence-electron chi connectivity index (χ0n) is 17.9. The minimum atomic E-state index is -3.87. The molecule has 0 saturated carbocycles. The molecule has 0 atom stereocenters. The first-order chi connectivity index (χ1) is 15.8. The SMILES string of the molecule is CN1CCN(c2ccc(CNS(=O)(=O)c3nnc(NC(=O)c4ccc(Cl)cc4)s3)cc2)CC1. The average Bonchev–Trinajstić information content (AvgIpc) is 3.29. The number of aromatic nitrogens is 2. The summed E-state index contributed by atoms with van der Waals surface area (Å²) in [5, 5.41) is 10.6. The molecule has 1 fully saturated rings. The van der Waals surface area contributed by atoms with E-state index in [9.17, 15) is 13.2 Å². The Bertz CT molecular complexity index is 1210. The first-order valence-electron chi connectivity index (χ1n) is 10.2. The van der Waals surface area contributed by atoms with Gasteiger partial charge >= 0.3 is 0 Å². The first-order valence-corrected chi connectivity index (χ1v) is 12.9. The zero-order chi connectivity index (χ0) is 23.4. The van der Waals surface area contributed by atoms with E-state index in [1.54, 1.807) is 24.3 Å². The van der Waals surface area contributed by atoms with Gasteiger partial charge in [-0.3, -0.25) is 10.1 Å². The van der Waals surface area contributed by atoms with Gasteiger partial charge in [-0.2, -0.15) is 0 Å². The lowest BCUT2D eigenvalue weighted by Gasteiger charge is -2.34. The molecule has 12 heteroatoms. The minimum absolute atomic E-state index is 0.0897. The van der Waals surface area contributed by atoms with E-state index < -0.39 is 15.9 Å². The Morgan fingerprint density at radius 3 is 2.36 bits per heavy atom. The third-order valence-electron chi connectivity index (χ3n) is 5.23. The summed E-state index contributed by atoms with van der Waals surface area (Å²) in [7, 11) is -1.76. The van der Waals surface area contributed by atoms with Gasteiger partial charge in [0.05, 0.1) is 0 Å². The molecule has 0 unspecified atom stereocenters.